The van der Waals surface area contributed by atoms with Gasteiger partial charge in [0.1, 0.15) is 0 Å². The minimum Gasteiger partial charge on any atom is -0.381 e. The number of aryl methyl sites for hydroxylation is 1. The van der Waals surface area contributed by atoms with Crippen molar-refractivity contribution in [3.63, 3.8) is 0 Å². The van der Waals surface area contributed by atoms with Crippen molar-refractivity contribution in [1.29, 1.82) is 0 Å². The fourth-order valence-electron chi connectivity index (χ4n) is 4.65. The van der Waals surface area contributed by atoms with Crippen LogP contribution in [0.15, 0.2) is 48.8 Å². The molecular weight excluding hydrogens is 378 g/mol. The van der Waals surface area contributed by atoms with Gasteiger partial charge in [0.05, 0.1) is 5.92 Å². The molecule has 3 heterocycles. The third-order valence-corrected chi connectivity index (χ3v) is 6.50. The van der Waals surface area contributed by atoms with Crippen molar-refractivity contribution in [2.45, 2.75) is 26.2 Å². The van der Waals surface area contributed by atoms with E-state index in [2.05, 4.69) is 10.3 Å². The number of hydrogen-bond acceptors (Lipinski definition) is 4. The highest BCUT2D eigenvalue weighted by molar-refractivity contribution is 5.95. The van der Waals surface area contributed by atoms with E-state index in [0.29, 0.717) is 38.4 Å². The zero-order valence-electron chi connectivity index (χ0n) is 17.5. The van der Waals surface area contributed by atoms with Gasteiger partial charge in [-0.05, 0) is 56.0 Å². The fourth-order valence-corrected chi connectivity index (χ4v) is 4.65. The molecule has 1 atom stereocenters. The second-order valence-corrected chi connectivity index (χ2v) is 8.48. The lowest BCUT2D eigenvalue weighted by molar-refractivity contribution is -0.129. The van der Waals surface area contributed by atoms with Crippen LogP contribution in [-0.4, -0.2) is 54.5 Å². The number of ether oxygens (including phenoxy) is 1. The van der Waals surface area contributed by atoms with Crippen molar-refractivity contribution >= 4 is 11.8 Å². The van der Waals surface area contributed by atoms with Gasteiger partial charge in [0.15, 0.2) is 0 Å². The summed E-state index contributed by atoms with van der Waals surface area (Å²) in [5.41, 5.74) is 2.76. The highest BCUT2D eigenvalue weighted by Crippen LogP contribution is 2.44. The molecule has 2 aliphatic heterocycles. The Morgan fingerprint density at radius 2 is 1.83 bits per heavy atom. The Hall–Kier alpha value is -2.73. The van der Waals surface area contributed by atoms with Crippen LogP contribution in [0, 0.1) is 18.3 Å². The molecule has 1 unspecified atom stereocenters. The Balaban J connectivity index is 1.45. The van der Waals surface area contributed by atoms with Gasteiger partial charge >= 0.3 is 0 Å². The van der Waals surface area contributed by atoms with Crippen molar-refractivity contribution in [3.05, 3.63) is 65.5 Å². The average Bonchev–Trinajstić information content (AvgIpc) is 3.13. The molecule has 2 fully saturated rings. The molecule has 158 valence electrons. The van der Waals surface area contributed by atoms with E-state index in [0.717, 1.165) is 30.4 Å². The van der Waals surface area contributed by atoms with Crippen LogP contribution < -0.4 is 5.32 Å². The van der Waals surface area contributed by atoms with Gasteiger partial charge in [0.25, 0.3) is 5.91 Å². The molecule has 0 saturated carbocycles. The van der Waals surface area contributed by atoms with Crippen LogP contribution in [0.3, 0.4) is 0 Å². The Labute approximate surface area is 177 Å². The van der Waals surface area contributed by atoms with Gasteiger partial charge in [-0.25, -0.2) is 0 Å². The number of carbonyl (C=O) groups excluding carboxylic acids is 2. The first-order valence-corrected chi connectivity index (χ1v) is 10.7. The largest absolute Gasteiger partial charge is 0.381 e. The molecule has 30 heavy (non-hydrogen) atoms. The van der Waals surface area contributed by atoms with Crippen LogP contribution in [0.4, 0.5) is 0 Å². The zero-order chi connectivity index (χ0) is 21.0. The number of carbonyl (C=O) groups is 2. The van der Waals surface area contributed by atoms with Crippen LogP contribution >= 0.6 is 0 Å². The normalized spacial score (nSPS) is 20.3. The minimum atomic E-state index is -0.201. The van der Waals surface area contributed by atoms with E-state index in [9.17, 15) is 9.59 Å². The lowest BCUT2D eigenvalue weighted by atomic mass is 9.71. The number of rotatable bonds is 5. The highest BCUT2D eigenvalue weighted by atomic mass is 16.5. The second-order valence-electron chi connectivity index (χ2n) is 8.48. The molecular formula is C24H29N3O3. The van der Waals surface area contributed by atoms with Crippen molar-refractivity contribution in [2.75, 3.05) is 32.8 Å². The lowest BCUT2D eigenvalue weighted by Crippen LogP contribution is -2.44. The van der Waals surface area contributed by atoms with Crippen LogP contribution in [0.5, 0.6) is 0 Å². The van der Waals surface area contributed by atoms with E-state index in [1.807, 2.05) is 48.2 Å². The SMILES string of the molecule is Cc1ccc(C(=O)N2CC(C(=O)NCCc3ccncc3)C3(CCOCC3)C2)cc1. The zero-order valence-corrected chi connectivity index (χ0v) is 17.5. The van der Waals surface area contributed by atoms with Gasteiger partial charge < -0.3 is 15.0 Å². The van der Waals surface area contributed by atoms with Gasteiger partial charge in [-0.15, -0.1) is 0 Å². The number of hydrogen-bond donors (Lipinski definition) is 1. The first-order valence-electron chi connectivity index (χ1n) is 10.7. The molecule has 1 aromatic heterocycles. The van der Waals surface area contributed by atoms with Crippen molar-refractivity contribution in [3.8, 4) is 0 Å². The molecule has 0 bridgehead atoms. The van der Waals surface area contributed by atoms with E-state index in [-0.39, 0.29) is 23.1 Å². The molecule has 2 saturated heterocycles. The molecule has 2 aliphatic rings. The number of aromatic nitrogens is 1. The number of likely N-dealkylation sites (tertiary alicyclic amines) is 1. The molecule has 6 nitrogen and oxygen atoms in total. The predicted octanol–water partition coefficient (Wildman–Crippen LogP) is 2.62. The van der Waals surface area contributed by atoms with E-state index >= 15 is 0 Å². The molecule has 1 spiro atoms. The van der Waals surface area contributed by atoms with Gasteiger partial charge in [-0.1, -0.05) is 17.7 Å². The van der Waals surface area contributed by atoms with E-state index in [1.165, 1.54) is 0 Å². The topological polar surface area (TPSA) is 71.5 Å². The smallest absolute Gasteiger partial charge is 0.253 e. The van der Waals surface area contributed by atoms with Crippen molar-refractivity contribution in [1.82, 2.24) is 15.2 Å². The Morgan fingerprint density at radius 1 is 1.13 bits per heavy atom. The number of pyridine rings is 1. The maximum Gasteiger partial charge on any atom is 0.253 e. The Bertz CT molecular complexity index is 876. The van der Waals surface area contributed by atoms with Gasteiger partial charge in [-0.3, -0.25) is 14.6 Å². The number of nitrogens with zero attached hydrogens (tertiary/aromatic N) is 2. The van der Waals surface area contributed by atoms with E-state index in [1.54, 1.807) is 12.4 Å². The third-order valence-electron chi connectivity index (χ3n) is 6.50. The van der Waals surface area contributed by atoms with Crippen LogP contribution in [0.25, 0.3) is 0 Å². The highest BCUT2D eigenvalue weighted by Gasteiger charge is 2.51. The van der Waals surface area contributed by atoms with Crippen molar-refractivity contribution in [2.24, 2.45) is 11.3 Å². The third kappa shape index (κ3) is 4.38. The van der Waals surface area contributed by atoms with E-state index in [4.69, 9.17) is 4.74 Å². The minimum absolute atomic E-state index is 0.00736. The lowest BCUT2D eigenvalue weighted by Gasteiger charge is -2.37. The predicted molar refractivity (Wildman–Crippen MR) is 114 cm³/mol. The van der Waals surface area contributed by atoms with Crippen LogP contribution in [0.2, 0.25) is 0 Å². The Morgan fingerprint density at radius 3 is 2.53 bits per heavy atom. The summed E-state index contributed by atoms with van der Waals surface area (Å²) in [6.45, 7) is 4.96. The summed E-state index contributed by atoms with van der Waals surface area (Å²) in [5, 5.41) is 3.11. The molecule has 0 aliphatic carbocycles. The van der Waals surface area contributed by atoms with Gasteiger partial charge in [-0.2, -0.15) is 0 Å². The second kappa shape index (κ2) is 8.96. The van der Waals surface area contributed by atoms with Crippen LogP contribution in [0.1, 0.15) is 34.3 Å². The van der Waals surface area contributed by atoms with Crippen LogP contribution in [-0.2, 0) is 16.0 Å². The summed E-state index contributed by atoms with van der Waals surface area (Å²) in [4.78, 5) is 32.2. The monoisotopic (exact) mass is 407 g/mol. The number of nitrogens with one attached hydrogen (secondary N) is 1. The summed E-state index contributed by atoms with van der Waals surface area (Å²) in [6.07, 6.45) is 5.92. The molecule has 1 N–H and O–H groups in total. The quantitative estimate of drug-likeness (QED) is 0.827. The molecule has 4 rings (SSSR count). The van der Waals surface area contributed by atoms with Crippen molar-refractivity contribution < 1.29 is 14.3 Å². The first kappa shape index (κ1) is 20.5. The summed E-state index contributed by atoms with van der Waals surface area (Å²) in [7, 11) is 0. The summed E-state index contributed by atoms with van der Waals surface area (Å²) < 4.78 is 5.58. The summed E-state index contributed by atoms with van der Waals surface area (Å²) >= 11 is 0. The van der Waals surface area contributed by atoms with E-state index < -0.39 is 0 Å². The maximum atomic E-state index is 13.2. The maximum absolute atomic E-state index is 13.2. The molecule has 1 aromatic carbocycles. The summed E-state index contributed by atoms with van der Waals surface area (Å²) in [6, 6.07) is 11.6. The van der Waals surface area contributed by atoms with Gasteiger partial charge in [0.2, 0.25) is 5.91 Å². The molecule has 0 radical (unpaired) electrons. The van der Waals surface area contributed by atoms with Gasteiger partial charge in [0, 0.05) is 56.2 Å². The molecule has 2 amide bonds. The first-order chi connectivity index (χ1) is 14.6. The fraction of sp³-hybridized carbons (Fsp3) is 0.458. The molecule has 6 heteroatoms. The number of benzene rings is 1. The Kier molecular flexibility index (Phi) is 6.13. The number of amides is 2. The average molecular weight is 408 g/mol. The standard InChI is InChI=1S/C24H29N3O3/c1-18-2-4-20(5-3-18)23(29)27-16-21(24(17-27)9-14-30-15-10-24)22(28)26-13-8-19-6-11-25-12-7-19/h2-7,11-12,21H,8-10,13-17H2,1H3,(H,26,28). The molecule has 2 aromatic rings. The summed E-state index contributed by atoms with van der Waals surface area (Å²) in [5.74, 6) is -0.147.